The van der Waals surface area contributed by atoms with Gasteiger partial charge < -0.3 is 32.9 Å². The second-order valence-corrected chi connectivity index (χ2v) is 16.1. The van der Waals surface area contributed by atoms with Crippen LogP contribution in [0.25, 0.3) is 0 Å². The molecule has 0 aliphatic carbocycles. The third kappa shape index (κ3) is 27.9. The van der Waals surface area contributed by atoms with E-state index in [0.29, 0.717) is 39.1 Å². The zero-order chi connectivity index (χ0) is 40.0. The molecule has 0 spiro atoms. The number of carboxylic acid groups (broad SMARTS) is 1. The molecule has 0 aromatic heterocycles. The molecule has 9 N–H and O–H groups in total. The van der Waals surface area contributed by atoms with E-state index in [4.69, 9.17) is 17.2 Å². The summed E-state index contributed by atoms with van der Waals surface area (Å²) in [5.41, 5.74) is 17.1. The average molecular weight is 768 g/mol. The van der Waals surface area contributed by atoms with Gasteiger partial charge in [-0.1, -0.05) is 142 Å². The summed E-state index contributed by atoms with van der Waals surface area (Å²) >= 11 is 0. The molecule has 2 atom stereocenters. The van der Waals surface area contributed by atoms with Crippen LogP contribution in [0.1, 0.15) is 206 Å². The van der Waals surface area contributed by atoms with E-state index in [1.54, 1.807) is 0 Å². The van der Waals surface area contributed by atoms with Gasteiger partial charge in [-0.05, 0) is 84.1 Å². The zero-order valence-electron chi connectivity index (χ0n) is 35.7. The molecular weight excluding hydrogens is 677 g/mol. The van der Waals surface area contributed by atoms with Crippen molar-refractivity contribution < 1.29 is 24.0 Å². The van der Waals surface area contributed by atoms with Crippen LogP contribution < -0.4 is 27.8 Å². The Balaban J connectivity index is 5.87. The van der Waals surface area contributed by atoms with Crippen molar-refractivity contribution in [2.24, 2.45) is 17.2 Å². The number of nitrogens with zero attached hydrogens (tertiary/aromatic N) is 1. The fourth-order valence-electron chi connectivity index (χ4n) is 7.91. The highest BCUT2D eigenvalue weighted by molar-refractivity contribution is 5.81. The zero-order valence-corrected chi connectivity index (χ0v) is 35.7. The Morgan fingerprint density at radius 1 is 0.537 bits per heavy atom. The number of aliphatic carboxylic acids is 1. The van der Waals surface area contributed by atoms with Gasteiger partial charge in [0.1, 0.15) is 6.04 Å². The van der Waals surface area contributed by atoms with Gasteiger partial charge in [-0.3, -0.25) is 4.79 Å². The molecule has 320 valence electrons. The number of carbonyl (C=O) groups is 3. The van der Waals surface area contributed by atoms with E-state index < -0.39 is 24.0 Å². The summed E-state index contributed by atoms with van der Waals surface area (Å²) in [5.74, 6) is -1.58. The summed E-state index contributed by atoms with van der Waals surface area (Å²) in [4.78, 5) is 40.2. The van der Waals surface area contributed by atoms with Crippen molar-refractivity contribution in [1.29, 1.82) is 0 Å². The van der Waals surface area contributed by atoms with Gasteiger partial charge in [0.2, 0.25) is 5.91 Å². The monoisotopic (exact) mass is 768 g/mol. The van der Waals surface area contributed by atoms with Crippen molar-refractivity contribution in [1.82, 2.24) is 10.6 Å². The predicted molar refractivity (Wildman–Crippen MR) is 228 cm³/mol. The van der Waals surface area contributed by atoms with Gasteiger partial charge in [-0.2, -0.15) is 0 Å². The fraction of sp³-hybridized carbons (Fsp3) is 0.932. The van der Waals surface area contributed by atoms with Gasteiger partial charge in [0.15, 0.2) is 6.04 Å². The Labute approximate surface area is 333 Å². The van der Waals surface area contributed by atoms with Crippen molar-refractivity contribution in [3.63, 3.8) is 0 Å². The van der Waals surface area contributed by atoms with Crippen molar-refractivity contribution in [2.75, 3.05) is 45.8 Å². The molecule has 0 unspecified atom stereocenters. The quantitative estimate of drug-likeness (QED) is 0.0265. The highest BCUT2D eigenvalue weighted by Crippen LogP contribution is 2.27. The van der Waals surface area contributed by atoms with E-state index in [9.17, 15) is 14.7 Å². The van der Waals surface area contributed by atoms with E-state index >= 15 is 4.79 Å². The predicted octanol–water partition coefficient (Wildman–Crippen LogP) is 8.48. The molecule has 54 heavy (non-hydrogen) atoms. The number of nitrogens with one attached hydrogen (secondary N) is 2. The molecule has 0 aliphatic rings. The molecule has 0 aliphatic heterocycles. The Bertz CT molecular complexity index is 848. The van der Waals surface area contributed by atoms with Crippen LogP contribution in [-0.2, 0) is 14.4 Å². The molecule has 0 heterocycles. The van der Waals surface area contributed by atoms with Crippen LogP contribution in [0.4, 0.5) is 0 Å². The Hall–Kier alpha value is -1.59. The maximum Gasteiger partial charge on any atom is 0.363 e. The van der Waals surface area contributed by atoms with E-state index in [1.807, 2.05) is 0 Å². The number of amides is 2. The number of nitrogens with two attached hydrogens (primary N) is 3. The summed E-state index contributed by atoms with van der Waals surface area (Å²) in [7, 11) is 0. The summed E-state index contributed by atoms with van der Waals surface area (Å²) in [6.07, 6.45) is 32.0. The van der Waals surface area contributed by atoms with E-state index in [1.165, 1.54) is 116 Å². The first-order valence-corrected chi connectivity index (χ1v) is 23.1. The maximum atomic E-state index is 15.0. The number of primary amides is 1. The lowest BCUT2D eigenvalue weighted by atomic mass is 9.97. The highest BCUT2D eigenvalue weighted by atomic mass is 16.4. The molecule has 0 aromatic carbocycles. The number of rotatable bonds is 43. The first-order chi connectivity index (χ1) is 26.3. The molecule has 0 rings (SSSR count). The average Bonchev–Trinajstić information content (AvgIpc) is 3.15. The van der Waals surface area contributed by atoms with E-state index in [-0.39, 0.29) is 23.2 Å². The van der Waals surface area contributed by atoms with Gasteiger partial charge in [-0.25, -0.2) is 14.1 Å². The minimum atomic E-state index is -1.01. The third-order valence-electron chi connectivity index (χ3n) is 11.3. The summed E-state index contributed by atoms with van der Waals surface area (Å²) in [6, 6.07) is -1.50. The standard InChI is InChI=1S/C44H90N6O4/c1-3-5-7-9-11-13-15-17-19-21-23-25-38-50(41(44(53)54)31-32-42(47)51,39-26-24-22-20-18-16-14-12-10-8-6-4-2)43(52)40(49-37-29-34-46)30-27-35-48-36-28-33-45/h40-41,48-49H,3-39,45-46H2,1-2H3,(H2-,47,51,53,54)/p+1/t40-,41-/m0/s1. The number of carbonyl (C=O) groups excluding carboxylic acids is 2. The second kappa shape index (κ2) is 38.3. The Kier molecular flexibility index (Phi) is 37.2. The highest BCUT2D eigenvalue weighted by Gasteiger charge is 2.49. The summed E-state index contributed by atoms with van der Waals surface area (Å²) in [6.45, 7) is 8.82. The molecule has 0 bridgehead atoms. The normalized spacial score (nSPS) is 13.0. The van der Waals surface area contributed by atoms with Crippen LogP contribution in [0.2, 0.25) is 0 Å². The summed E-state index contributed by atoms with van der Waals surface area (Å²) in [5, 5.41) is 17.7. The van der Waals surface area contributed by atoms with Crippen molar-refractivity contribution in [3.8, 4) is 0 Å². The first-order valence-electron chi connectivity index (χ1n) is 23.1. The number of hydrogen-bond donors (Lipinski definition) is 6. The lowest BCUT2D eigenvalue weighted by Crippen LogP contribution is -2.67. The number of quaternary nitrogens is 1. The SMILES string of the molecule is CCCCCCCCCCCCCC[N+](CCCCCCCCCCCCCC)(C(=O)[C@H](CCCNCCCN)NCCCN)[C@@H](CCC(N)=O)C(=O)O. The number of carboxylic acids is 1. The van der Waals surface area contributed by atoms with Gasteiger partial charge >= 0.3 is 11.9 Å². The van der Waals surface area contributed by atoms with Crippen LogP contribution in [-0.4, -0.2) is 85.3 Å². The van der Waals surface area contributed by atoms with Gasteiger partial charge in [0.05, 0.1) is 13.1 Å². The molecule has 0 saturated carbocycles. The molecule has 0 aromatic rings. The van der Waals surface area contributed by atoms with Crippen molar-refractivity contribution in [3.05, 3.63) is 0 Å². The minimum Gasteiger partial charge on any atom is -0.477 e. The van der Waals surface area contributed by atoms with Crippen LogP contribution in [0.3, 0.4) is 0 Å². The van der Waals surface area contributed by atoms with E-state index in [0.717, 1.165) is 70.9 Å². The minimum absolute atomic E-state index is 0.0442. The molecule has 0 radical (unpaired) electrons. The lowest BCUT2D eigenvalue weighted by Gasteiger charge is -2.43. The van der Waals surface area contributed by atoms with Crippen molar-refractivity contribution in [2.45, 2.75) is 219 Å². The van der Waals surface area contributed by atoms with Gasteiger partial charge in [-0.15, -0.1) is 0 Å². The molecular formula is C44H91N6O4+. The van der Waals surface area contributed by atoms with Crippen molar-refractivity contribution >= 4 is 17.8 Å². The maximum absolute atomic E-state index is 15.0. The third-order valence-corrected chi connectivity index (χ3v) is 11.3. The smallest absolute Gasteiger partial charge is 0.363 e. The lowest BCUT2D eigenvalue weighted by molar-refractivity contribution is -0.873. The van der Waals surface area contributed by atoms with Crippen LogP contribution in [0, 0.1) is 0 Å². The Morgan fingerprint density at radius 2 is 0.926 bits per heavy atom. The second-order valence-electron chi connectivity index (χ2n) is 16.1. The largest absolute Gasteiger partial charge is 0.477 e. The van der Waals surface area contributed by atoms with Gasteiger partial charge in [0.25, 0.3) is 0 Å². The molecule has 0 saturated heterocycles. The van der Waals surface area contributed by atoms with E-state index in [2.05, 4.69) is 24.5 Å². The van der Waals surface area contributed by atoms with Crippen LogP contribution >= 0.6 is 0 Å². The summed E-state index contributed by atoms with van der Waals surface area (Å²) < 4.78 is -0.112. The van der Waals surface area contributed by atoms with Crippen LogP contribution in [0.5, 0.6) is 0 Å². The van der Waals surface area contributed by atoms with Gasteiger partial charge in [0, 0.05) is 12.8 Å². The first kappa shape index (κ1) is 52.4. The van der Waals surface area contributed by atoms with Crippen LogP contribution in [0.15, 0.2) is 0 Å². The molecule has 0 fully saturated rings. The topological polar surface area (TPSA) is 174 Å². The fourth-order valence-corrected chi connectivity index (χ4v) is 7.91. The number of unbranched alkanes of at least 4 members (excludes halogenated alkanes) is 22. The number of hydrogen-bond acceptors (Lipinski definition) is 7. The molecule has 2 amide bonds. The molecule has 10 heteroatoms. The molecule has 10 nitrogen and oxygen atoms in total. The Morgan fingerprint density at radius 3 is 1.31 bits per heavy atom.